The molecule has 0 unspecified atom stereocenters. The molecule has 2 aromatic rings. The average Bonchev–Trinajstić information content (AvgIpc) is 3.04. The van der Waals surface area contributed by atoms with E-state index in [-0.39, 0.29) is 17.6 Å². The molecule has 1 aliphatic rings. The fourth-order valence-electron chi connectivity index (χ4n) is 3.28. The van der Waals surface area contributed by atoms with Crippen LogP contribution >= 0.6 is 0 Å². The van der Waals surface area contributed by atoms with Crippen molar-refractivity contribution < 1.29 is 17.6 Å². The Morgan fingerprint density at radius 2 is 2.00 bits per heavy atom. The molecule has 1 aromatic heterocycles. The predicted molar refractivity (Wildman–Crippen MR) is 96.1 cm³/mol. The van der Waals surface area contributed by atoms with Crippen molar-refractivity contribution >= 4 is 26.8 Å². The maximum atomic E-state index is 12.5. The van der Waals surface area contributed by atoms with Gasteiger partial charge in [-0.3, -0.25) is 4.79 Å². The van der Waals surface area contributed by atoms with Crippen LogP contribution in [0.5, 0.6) is 0 Å². The van der Waals surface area contributed by atoms with Gasteiger partial charge in [0.1, 0.15) is 10.8 Å². The third-order valence-electron chi connectivity index (χ3n) is 4.84. The lowest BCUT2D eigenvalue weighted by Crippen LogP contribution is -2.45. The first-order valence-electron chi connectivity index (χ1n) is 8.78. The van der Waals surface area contributed by atoms with Gasteiger partial charge in [-0.25, -0.2) is 13.4 Å². The second-order valence-corrected chi connectivity index (χ2v) is 9.07. The van der Waals surface area contributed by atoms with Crippen molar-refractivity contribution in [2.45, 2.75) is 44.3 Å². The lowest BCUT2D eigenvalue weighted by atomic mass is 9.96. The van der Waals surface area contributed by atoms with Gasteiger partial charge in [-0.15, -0.1) is 0 Å². The van der Waals surface area contributed by atoms with E-state index in [1.807, 2.05) is 24.3 Å². The minimum absolute atomic E-state index is 0.0548. The van der Waals surface area contributed by atoms with Gasteiger partial charge in [-0.2, -0.15) is 0 Å². The van der Waals surface area contributed by atoms with Gasteiger partial charge < -0.3 is 9.32 Å². The van der Waals surface area contributed by atoms with Crippen molar-refractivity contribution in [1.82, 2.24) is 9.88 Å². The summed E-state index contributed by atoms with van der Waals surface area (Å²) in [6, 6.07) is 7.65. The molecule has 1 saturated heterocycles. The third-order valence-corrected chi connectivity index (χ3v) is 7.10. The van der Waals surface area contributed by atoms with E-state index < -0.39 is 15.1 Å². The highest BCUT2D eigenvalue weighted by molar-refractivity contribution is 7.92. The van der Waals surface area contributed by atoms with E-state index in [1.165, 1.54) is 6.92 Å². The first-order valence-corrected chi connectivity index (χ1v) is 10.5. The first kappa shape index (κ1) is 17.9. The molecule has 2 heterocycles. The topological polar surface area (TPSA) is 80.5 Å². The summed E-state index contributed by atoms with van der Waals surface area (Å²) in [6.07, 6.45) is 2.00. The lowest BCUT2D eigenvalue weighted by molar-refractivity contribution is -0.131. The summed E-state index contributed by atoms with van der Waals surface area (Å²) in [4.78, 5) is 18.7. The lowest BCUT2D eigenvalue weighted by Gasteiger charge is -2.32. The Hall–Kier alpha value is -1.89. The van der Waals surface area contributed by atoms with Crippen LogP contribution in [0.4, 0.5) is 0 Å². The van der Waals surface area contributed by atoms with Crippen molar-refractivity contribution in [1.29, 1.82) is 0 Å². The maximum Gasteiger partial charge on any atom is 0.240 e. The molecule has 136 valence electrons. The van der Waals surface area contributed by atoms with Gasteiger partial charge in [-0.1, -0.05) is 19.1 Å². The Morgan fingerprint density at radius 3 is 2.64 bits per heavy atom. The van der Waals surface area contributed by atoms with E-state index >= 15 is 0 Å². The fourth-order valence-corrected chi connectivity index (χ4v) is 4.66. The number of aromatic nitrogens is 1. The van der Waals surface area contributed by atoms with E-state index in [1.54, 1.807) is 11.8 Å². The summed E-state index contributed by atoms with van der Waals surface area (Å²) in [6.45, 7) is 4.38. The van der Waals surface area contributed by atoms with Gasteiger partial charge in [0.25, 0.3) is 0 Å². The molecule has 0 spiro atoms. The molecule has 7 heteroatoms. The van der Waals surface area contributed by atoms with E-state index in [9.17, 15) is 13.2 Å². The Morgan fingerprint density at radius 1 is 1.32 bits per heavy atom. The highest BCUT2D eigenvalue weighted by Gasteiger charge is 2.34. The number of nitrogens with zero attached hydrogens (tertiary/aromatic N) is 2. The number of fused-ring (bicyclic) bond motifs is 1. The molecule has 25 heavy (non-hydrogen) atoms. The monoisotopic (exact) mass is 364 g/mol. The van der Waals surface area contributed by atoms with Crippen LogP contribution in [0.1, 0.15) is 44.9 Å². The molecular weight excluding hydrogens is 340 g/mol. The molecule has 1 aliphatic heterocycles. The van der Waals surface area contributed by atoms with Gasteiger partial charge in [-0.05, 0) is 38.3 Å². The number of amides is 1. The number of carbonyl (C=O) groups is 1. The van der Waals surface area contributed by atoms with Crippen LogP contribution in [0.3, 0.4) is 0 Å². The molecule has 1 atom stereocenters. The van der Waals surface area contributed by atoms with Crippen molar-refractivity contribution in [2.75, 3.05) is 18.8 Å². The molecule has 6 nitrogen and oxygen atoms in total. The van der Waals surface area contributed by atoms with Crippen LogP contribution in [0.25, 0.3) is 11.1 Å². The quantitative estimate of drug-likeness (QED) is 0.815. The smallest absolute Gasteiger partial charge is 0.240 e. The van der Waals surface area contributed by atoms with Crippen LogP contribution in [-0.4, -0.2) is 48.3 Å². The second kappa shape index (κ2) is 7.15. The summed E-state index contributed by atoms with van der Waals surface area (Å²) < 4.78 is 30.1. The molecule has 0 aliphatic carbocycles. The second-order valence-electron chi connectivity index (χ2n) is 6.63. The standard InChI is InChI=1S/C18H24N2O4S/c1-3-12-25(22,23)13(2)18(21)20-10-8-14(9-11-20)17-19-15-6-4-5-7-16(15)24-17/h4-7,13-14H,3,8-12H2,1-2H3/t13-/m0/s1. The van der Waals surface area contributed by atoms with Crippen molar-refractivity contribution in [2.24, 2.45) is 0 Å². The number of para-hydroxylation sites is 2. The summed E-state index contributed by atoms with van der Waals surface area (Å²) in [7, 11) is -3.36. The van der Waals surface area contributed by atoms with Gasteiger partial charge in [0.2, 0.25) is 5.91 Å². The van der Waals surface area contributed by atoms with Crippen LogP contribution in [0, 0.1) is 0 Å². The van der Waals surface area contributed by atoms with Gasteiger partial charge in [0, 0.05) is 19.0 Å². The minimum Gasteiger partial charge on any atom is -0.440 e. The van der Waals surface area contributed by atoms with Crippen molar-refractivity contribution in [3.05, 3.63) is 30.2 Å². The summed E-state index contributed by atoms with van der Waals surface area (Å²) in [5.41, 5.74) is 1.62. The Balaban J connectivity index is 1.64. The van der Waals surface area contributed by atoms with Crippen LogP contribution in [0.15, 0.2) is 28.7 Å². The minimum atomic E-state index is -3.36. The van der Waals surface area contributed by atoms with Crippen LogP contribution in [-0.2, 0) is 14.6 Å². The zero-order valence-electron chi connectivity index (χ0n) is 14.6. The van der Waals surface area contributed by atoms with E-state index in [0.717, 1.165) is 23.9 Å². The molecule has 1 aromatic carbocycles. The molecular formula is C18H24N2O4S. The molecule has 0 bridgehead atoms. The number of piperidine rings is 1. The molecule has 1 amide bonds. The number of hydrogen-bond donors (Lipinski definition) is 0. The Bertz CT molecular complexity index is 818. The van der Waals surface area contributed by atoms with E-state index in [2.05, 4.69) is 4.98 Å². The number of oxazole rings is 1. The average molecular weight is 364 g/mol. The number of sulfone groups is 1. The molecule has 1 fully saturated rings. The maximum absolute atomic E-state index is 12.5. The largest absolute Gasteiger partial charge is 0.440 e. The molecule has 0 radical (unpaired) electrons. The Kier molecular flexibility index (Phi) is 5.13. The van der Waals surface area contributed by atoms with Gasteiger partial charge in [0.05, 0.1) is 5.75 Å². The number of benzene rings is 1. The third kappa shape index (κ3) is 3.71. The van der Waals surface area contributed by atoms with Crippen LogP contribution in [0.2, 0.25) is 0 Å². The zero-order chi connectivity index (χ0) is 18.0. The Labute approximate surface area is 148 Å². The van der Waals surface area contributed by atoms with Gasteiger partial charge >= 0.3 is 0 Å². The van der Waals surface area contributed by atoms with Gasteiger partial charge in [0.15, 0.2) is 21.3 Å². The number of likely N-dealkylation sites (tertiary alicyclic amines) is 1. The highest BCUT2D eigenvalue weighted by atomic mass is 32.2. The number of hydrogen-bond acceptors (Lipinski definition) is 5. The summed E-state index contributed by atoms with van der Waals surface area (Å²) >= 11 is 0. The first-order chi connectivity index (χ1) is 11.9. The van der Waals surface area contributed by atoms with Crippen LogP contribution < -0.4 is 0 Å². The normalized spacial score (nSPS) is 17.8. The SMILES string of the molecule is CCCS(=O)(=O)[C@@H](C)C(=O)N1CCC(c2nc3ccccc3o2)CC1. The van der Waals surface area contributed by atoms with E-state index in [4.69, 9.17) is 4.42 Å². The highest BCUT2D eigenvalue weighted by Crippen LogP contribution is 2.30. The molecule has 0 saturated carbocycles. The fraction of sp³-hybridized carbons (Fsp3) is 0.556. The number of rotatable bonds is 5. The zero-order valence-corrected chi connectivity index (χ0v) is 15.5. The summed E-state index contributed by atoms with van der Waals surface area (Å²) in [5.74, 6) is 0.641. The van der Waals surface area contributed by atoms with Crippen molar-refractivity contribution in [3.8, 4) is 0 Å². The molecule has 3 rings (SSSR count). The van der Waals surface area contributed by atoms with Crippen molar-refractivity contribution in [3.63, 3.8) is 0 Å². The summed E-state index contributed by atoms with van der Waals surface area (Å²) in [5, 5.41) is -0.965. The predicted octanol–water partition coefficient (Wildman–Crippen LogP) is 2.75. The number of carbonyl (C=O) groups excluding carboxylic acids is 1. The molecule has 0 N–H and O–H groups in total. The van der Waals surface area contributed by atoms with E-state index in [0.29, 0.717) is 25.4 Å².